The topological polar surface area (TPSA) is 39.6 Å². The van der Waals surface area contributed by atoms with Crippen molar-refractivity contribution in [3.05, 3.63) is 71.9 Å². The highest BCUT2D eigenvalue weighted by atomic mass is 14.7. The van der Waals surface area contributed by atoms with Crippen molar-refractivity contribution in [1.29, 1.82) is 5.26 Å². The quantitative estimate of drug-likeness (QED) is 0.505. The van der Waals surface area contributed by atoms with E-state index in [0.29, 0.717) is 5.56 Å². The molecule has 1 aromatic heterocycles. The summed E-state index contributed by atoms with van der Waals surface area (Å²) in [5.41, 5.74) is 6.78. The normalized spacial score (nSPS) is 10.6. The van der Waals surface area contributed by atoms with Crippen molar-refractivity contribution < 1.29 is 0 Å². The van der Waals surface area contributed by atoms with Crippen molar-refractivity contribution in [1.82, 2.24) is 4.98 Å². The van der Waals surface area contributed by atoms with Gasteiger partial charge >= 0.3 is 0 Å². The monoisotopic (exact) mass is 328 g/mol. The third-order valence-electron chi connectivity index (χ3n) is 4.59. The Bertz CT molecular complexity index is 836. The summed E-state index contributed by atoms with van der Waals surface area (Å²) in [7, 11) is 0. The fourth-order valence-corrected chi connectivity index (χ4v) is 3.18. The van der Waals surface area contributed by atoms with Crippen LogP contribution in [0.1, 0.15) is 43.9 Å². The second-order valence-corrected chi connectivity index (χ2v) is 6.44. The molecule has 0 spiro atoms. The maximum Gasteiger partial charge on any atom is 0.0991 e. The summed E-state index contributed by atoms with van der Waals surface area (Å²) in [6.07, 6.45) is 6.07. The van der Waals surface area contributed by atoms with Gasteiger partial charge in [-0.05, 0) is 42.2 Å². The number of hydrogen-bond donors (Lipinski definition) is 1. The summed E-state index contributed by atoms with van der Waals surface area (Å²) >= 11 is 0. The Morgan fingerprint density at radius 3 is 2.32 bits per heavy atom. The van der Waals surface area contributed by atoms with E-state index < -0.39 is 0 Å². The molecule has 3 rings (SSSR count). The second kappa shape index (κ2) is 8.35. The molecule has 2 heteroatoms. The molecule has 0 unspecified atom stereocenters. The van der Waals surface area contributed by atoms with Crippen LogP contribution in [0.2, 0.25) is 0 Å². The first-order valence-electron chi connectivity index (χ1n) is 9.09. The Morgan fingerprint density at radius 1 is 0.880 bits per heavy atom. The van der Waals surface area contributed by atoms with Crippen LogP contribution >= 0.6 is 0 Å². The number of rotatable bonds is 7. The Kier molecular flexibility index (Phi) is 5.69. The highest BCUT2D eigenvalue weighted by Crippen LogP contribution is 2.31. The predicted octanol–water partition coefficient (Wildman–Crippen LogP) is 6.34. The highest BCUT2D eigenvalue weighted by Gasteiger charge is 2.11. The molecular formula is C23H24N2. The molecule has 0 atom stereocenters. The van der Waals surface area contributed by atoms with Crippen molar-refractivity contribution in [2.45, 2.75) is 39.0 Å². The maximum absolute atomic E-state index is 9.02. The van der Waals surface area contributed by atoms with Crippen LogP contribution in [0.3, 0.4) is 0 Å². The first-order valence-corrected chi connectivity index (χ1v) is 9.09. The minimum Gasteiger partial charge on any atom is -0.358 e. The number of nitrogens with one attached hydrogen (secondary N) is 1. The van der Waals surface area contributed by atoms with Gasteiger partial charge in [0.1, 0.15) is 0 Å². The zero-order valence-corrected chi connectivity index (χ0v) is 14.8. The number of nitrogens with zero attached hydrogens (tertiary/aromatic N) is 1. The molecule has 25 heavy (non-hydrogen) atoms. The third kappa shape index (κ3) is 4.19. The molecule has 1 heterocycles. The van der Waals surface area contributed by atoms with Crippen LogP contribution in [-0.4, -0.2) is 4.98 Å². The van der Waals surface area contributed by atoms with E-state index in [-0.39, 0.29) is 0 Å². The first kappa shape index (κ1) is 17.0. The summed E-state index contributed by atoms with van der Waals surface area (Å²) in [4.78, 5) is 3.64. The van der Waals surface area contributed by atoms with Gasteiger partial charge in [-0.1, -0.05) is 68.7 Å². The summed E-state index contributed by atoms with van der Waals surface area (Å²) in [6.45, 7) is 2.24. The number of hydrogen-bond acceptors (Lipinski definition) is 1. The SMILES string of the molecule is CCCCCCc1[nH]c(-c2ccccc2)cc1-c1ccc(C#N)cc1. The van der Waals surface area contributed by atoms with Crippen molar-refractivity contribution in [3.8, 4) is 28.5 Å². The Morgan fingerprint density at radius 2 is 1.64 bits per heavy atom. The van der Waals surface area contributed by atoms with Crippen LogP contribution < -0.4 is 0 Å². The molecule has 0 radical (unpaired) electrons. The largest absolute Gasteiger partial charge is 0.358 e. The molecule has 0 saturated heterocycles. The number of nitriles is 1. The van der Waals surface area contributed by atoms with Gasteiger partial charge in [-0.15, -0.1) is 0 Å². The average Bonchev–Trinajstić information content (AvgIpc) is 3.10. The number of aromatic nitrogens is 1. The lowest BCUT2D eigenvalue weighted by atomic mass is 10.0. The van der Waals surface area contributed by atoms with E-state index in [1.54, 1.807) is 0 Å². The summed E-state index contributed by atoms with van der Waals surface area (Å²) in [6, 6.07) is 22.8. The molecule has 0 aliphatic heterocycles. The lowest BCUT2D eigenvalue weighted by molar-refractivity contribution is 0.662. The van der Waals surface area contributed by atoms with Gasteiger partial charge in [-0.3, -0.25) is 0 Å². The van der Waals surface area contributed by atoms with Crippen LogP contribution in [0.4, 0.5) is 0 Å². The Labute approximate surface area is 150 Å². The predicted molar refractivity (Wildman–Crippen MR) is 104 cm³/mol. The van der Waals surface area contributed by atoms with Gasteiger partial charge in [-0.25, -0.2) is 0 Å². The second-order valence-electron chi connectivity index (χ2n) is 6.44. The number of aryl methyl sites for hydroxylation is 1. The molecule has 2 nitrogen and oxygen atoms in total. The molecule has 1 N–H and O–H groups in total. The van der Waals surface area contributed by atoms with E-state index in [1.807, 2.05) is 30.3 Å². The van der Waals surface area contributed by atoms with Crippen molar-refractivity contribution in [3.63, 3.8) is 0 Å². The lowest BCUT2D eigenvalue weighted by Crippen LogP contribution is -1.90. The van der Waals surface area contributed by atoms with Crippen LogP contribution in [0.5, 0.6) is 0 Å². The Hall–Kier alpha value is -2.79. The molecule has 0 aliphatic carbocycles. The van der Waals surface area contributed by atoms with E-state index >= 15 is 0 Å². The number of benzene rings is 2. The smallest absolute Gasteiger partial charge is 0.0991 e. The van der Waals surface area contributed by atoms with Crippen molar-refractivity contribution >= 4 is 0 Å². The molecule has 0 bridgehead atoms. The van der Waals surface area contributed by atoms with Crippen LogP contribution in [0, 0.1) is 11.3 Å². The molecule has 0 aliphatic rings. The van der Waals surface area contributed by atoms with E-state index in [4.69, 9.17) is 5.26 Å². The summed E-state index contributed by atoms with van der Waals surface area (Å²) in [5.74, 6) is 0. The Balaban J connectivity index is 1.93. The van der Waals surface area contributed by atoms with E-state index in [2.05, 4.69) is 48.3 Å². The average molecular weight is 328 g/mol. The van der Waals surface area contributed by atoms with E-state index in [1.165, 1.54) is 48.1 Å². The number of unbranched alkanes of at least 4 members (excludes halogenated alkanes) is 3. The molecule has 126 valence electrons. The van der Waals surface area contributed by atoms with Gasteiger partial charge in [0, 0.05) is 17.0 Å². The van der Waals surface area contributed by atoms with Gasteiger partial charge < -0.3 is 4.98 Å². The van der Waals surface area contributed by atoms with E-state index in [9.17, 15) is 0 Å². The van der Waals surface area contributed by atoms with Gasteiger partial charge in [0.15, 0.2) is 0 Å². The summed E-state index contributed by atoms with van der Waals surface area (Å²) < 4.78 is 0. The van der Waals surface area contributed by atoms with Crippen LogP contribution in [0.15, 0.2) is 60.7 Å². The highest BCUT2D eigenvalue weighted by molar-refractivity contribution is 5.74. The molecule has 0 amide bonds. The zero-order chi connectivity index (χ0) is 17.5. The third-order valence-corrected chi connectivity index (χ3v) is 4.59. The standard InChI is InChI=1S/C23H24N2/c1-2-3-4-8-11-22-21(19-14-12-18(17-24)13-15-19)16-23(25-22)20-9-6-5-7-10-20/h5-7,9-10,12-16,25H,2-4,8,11H2,1H3. The minimum absolute atomic E-state index is 0.701. The molecular weight excluding hydrogens is 304 g/mol. The van der Waals surface area contributed by atoms with Crippen molar-refractivity contribution in [2.75, 3.05) is 0 Å². The van der Waals surface area contributed by atoms with Crippen LogP contribution in [-0.2, 0) is 6.42 Å². The molecule has 2 aromatic carbocycles. The molecule has 3 aromatic rings. The lowest BCUT2D eigenvalue weighted by Gasteiger charge is -2.05. The first-order chi connectivity index (χ1) is 12.3. The fraction of sp³-hybridized carbons (Fsp3) is 0.261. The molecule has 0 fully saturated rings. The maximum atomic E-state index is 9.02. The van der Waals surface area contributed by atoms with Crippen LogP contribution in [0.25, 0.3) is 22.4 Å². The zero-order valence-electron chi connectivity index (χ0n) is 14.8. The van der Waals surface area contributed by atoms with E-state index in [0.717, 1.165) is 12.1 Å². The van der Waals surface area contributed by atoms with Gasteiger partial charge in [0.05, 0.1) is 11.6 Å². The minimum atomic E-state index is 0.701. The molecule has 0 saturated carbocycles. The summed E-state index contributed by atoms with van der Waals surface area (Å²) in [5, 5.41) is 9.02. The van der Waals surface area contributed by atoms with Gasteiger partial charge in [0.25, 0.3) is 0 Å². The fourth-order valence-electron chi connectivity index (χ4n) is 3.18. The van der Waals surface area contributed by atoms with Gasteiger partial charge in [-0.2, -0.15) is 5.26 Å². The number of aromatic amines is 1. The van der Waals surface area contributed by atoms with Gasteiger partial charge in [0.2, 0.25) is 0 Å². The van der Waals surface area contributed by atoms with Crippen molar-refractivity contribution in [2.24, 2.45) is 0 Å². The number of H-pyrrole nitrogens is 1.